The molecule has 3 rings (SSSR count). The third-order valence-corrected chi connectivity index (χ3v) is 2.96. The van der Waals surface area contributed by atoms with Crippen LogP contribution in [0, 0.1) is 11.3 Å². The van der Waals surface area contributed by atoms with Crippen LogP contribution in [0.25, 0.3) is 11.0 Å². The Hall–Kier alpha value is -2.87. The molecule has 0 unspecified atom stereocenters. The summed E-state index contributed by atoms with van der Waals surface area (Å²) < 4.78 is 0. The first-order chi connectivity index (χ1) is 9.86. The van der Waals surface area contributed by atoms with Crippen LogP contribution in [0.3, 0.4) is 0 Å². The van der Waals surface area contributed by atoms with Gasteiger partial charge < -0.3 is 4.84 Å². The fraction of sp³-hybridized carbons (Fsp3) is 0.133. The maximum absolute atomic E-state index is 8.69. The lowest BCUT2D eigenvalue weighted by Gasteiger charge is -2.05. The molecule has 0 saturated carbocycles. The largest absolute Gasteiger partial charge is 0.390 e. The van der Waals surface area contributed by atoms with Crippen molar-refractivity contribution >= 4 is 11.0 Å². The first kappa shape index (κ1) is 12.2. The van der Waals surface area contributed by atoms with E-state index in [2.05, 4.69) is 16.4 Å². The Balaban J connectivity index is 1.81. The third-order valence-electron chi connectivity index (χ3n) is 2.96. The van der Waals surface area contributed by atoms with E-state index in [4.69, 9.17) is 10.1 Å². The summed E-state index contributed by atoms with van der Waals surface area (Å²) in [5.41, 5.74) is 3.51. The van der Waals surface area contributed by atoms with E-state index >= 15 is 0 Å². The molecule has 0 fully saturated rings. The summed E-state index contributed by atoms with van der Waals surface area (Å²) in [4.78, 5) is 7.04. The van der Waals surface area contributed by atoms with Gasteiger partial charge in [0.2, 0.25) is 0 Å². The van der Waals surface area contributed by atoms with Crippen LogP contribution in [-0.2, 0) is 13.0 Å². The number of rotatable bonds is 4. The normalized spacial score (nSPS) is 10.3. The summed E-state index contributed by atoms with van der Waals surface area (Å²) in [6, 6.07) is 17.6. The zero-order valence-corrected chi connectivity index (χ0v) is 10.7. The van der Waals surface area contributed by atoms with Gasteiger partial charge in [0, 0.05) is 0 Å². The van der Waals surface area contributed by atoms with Crippen LogP contribution in [0.5, 0.6) is 0 Å². The SMILES string of the molecule is N#CCc1ccc2c(c1)nnn2OCc1ccccc1. The number of hydrogen-bond donors (Lipinski definition) is 0. The third kappa shape index (κ3) is 2.45. The molecule has 0 atom stereocenters. The van der Waals surface area contributed by atoms with E-state index in [0.717, 1.165) is 22.2 Å². The Morgan fingerprint density at radius 1 is 1.10 bits per heavy atom. The second-order valence-electron chi connectivity index (χ2n) is 4.38. The molecule has 0 amide bonds. The molecule has 5 nitrogen and oxygen atoms in total. The van der Waals surface area contributed by atoms with Crippen LogP contribution in [0.15, 0.2) is 48.5 Å². The van der Waals surface area contributed by atoms with E-state index in [9.17, 15) is 0 Å². The number of nitrogens with zero attached hydrogens (tertiary/aromatic N) is 4. The molecular weight excluding hydrogens is 252 g/mol. The summed E-state index contributed by atoms with van der Waals surface area (Å²) >= 11 is 0. The molecule has 0 spiro atoms. The minimum Gasteiger partial charge on any atom is -0.390 e. The predicted molar refractivity (Wildman–Crippen MR) is 73.6 cm³/mol. The lowest BCUT2D eigenvalue weighted by atomic mass is 10.1. The van der Waals surface area contributed by atoms with Gasteiger partial charge in [-0.2, -0.15) is 5.26 Å². The molecular formula is C15H12N4O. The van der Waals surface area contributed by atoms with E-state index < -0.39 is 0 Å². The topological polar surface area (TPSA) is 63.7 Å². The Kier molecular flexibility index (Phi) is 3.29. The highest BCUT2D eigenvalue weighted by Gasteiger charge is 2.06. The highest BCUT2D eigenvalue weighted by atomic mass is 16.7. The van der Waals surface area contributed by atoms with Gasteiger partial charge in [-0.3, -0.25) is 0 Å². The summed E-state index contributed by atoms with van der Waals surface area (Å²) in [6.45, 7) is 0.430. The highest BCUT2D eigenvalue weighted by molar-refractivity contribution is 5.74. The minimum absolute atomic E-state index is 0.369. The van der Waals surface area contributed by atoms with Crippen molar-refractivity contribution in [3.8, 4) is 6.07 Å². The first-order valence-corrected chi connectivity index (χ1v) is 6.25. The van der Waals surface area contributed by atoms with Crippen LogP contribution >= 0.6 is 0 Å². The molecule has 0 bridgehead atoms. The van der Waals surface area contributed by atoms with Crippen molar-refractivity contribution in [1.29, 1.82) is 5.26 Å². The van der Waals surface area contributed by atoms with E-state index in [0.29, 0.717) is 13.0 Å². The quantitative estimate of drug-likeness (QED) is 0.724. The van der Waals surface area contributed by atoms with Crippen LogP contribution in [0.1, 0.15) is 11.1 Å². The van der Waals surface area contributed by atoms with Crippen molar-refractivity contribution in [2.24, 2.45) is 0 Å². The van der Waals surface area contributed by atoms with E-state index in [1.54, 1.807) is 0 Å². The van der Waals surface area contributed by atoms with Gasteiger partial charge in [0.15, 0.2) is 0 Å². The molecule has 0 aliphatic rings. The van der Waals surface area contributed by atoms with Crippen molar-refractivity contribution in [1.82, 2.24) is 15.2 Å². The number of aromatic nitrogens is 3. The van der Waals surface area contributed by atoms with E-state index in [1.807, 2.05) is 48.5 Å². The predicted octanol–water partition coefficient (Wildman–Crippen LogP) is 2.13. The smallest absolute Gasteiger partial charge is 0.142 e. The fourth-order valence-electron chi connectivity index (χ4n) is 1.95. The van der Waals surface area contributed by atoms with Gasteiger partial charge in [0.1, 0.15) is 17.6 Å². The summed E-state index contributed by atoms with van der Waals surface area (Å²) in [5.74, 6) is 0. The molecule has 0 radical (unpaired) electrons. The molecule has 5 heteroatoms. The van der Waals surface area contributed by atoms with Crippen molar-refractivity contribution in [3.05, 3.63) is 59.7 Å². The van der Waals surface area contributed by atoms with E-state index in [-0.39, 0.29) is 0 Å². The average Bonchev–Trinajstić information content (AvgIpc) is 2.89. The lowest BCUT2D eigenvalue weighted by Crippen LogP contribution is -2.12. The molecule has 3 aromatic rings. The van der Waals surface area contributed by atoms with Crippen molar-refractivity contribution in [3.63, 3.8) is 0 Å². The van der Waals surface area contributed by atoms with Gasteiger partial charge in [0.25, 0.3) is 0 Å². The zero-order chi connectivity index (χ0) is 13.8. The van der Waals surface area contributed by atoms with Crippen LogP contribution in [0.4, 0.5) is 0 Å². The Bertz CT molecular complexity index is 758. The van der Waals surface area contributed by atoms with Crippen LogP contribution in [0.2, 0.25) is 0 Å². The van der Waals surface area contributed by atoms with Crippen molar-refractivity contribution in [2.45, 2.75) is 13.0 Å². The molecule has 1 aromatic heterocycles. The van der Waals surface area contributed by atoms with Crippen LogP contribution < -0.4 is 4.84 Å². The molecule has 2 aromatic carbocycles. The standard InChI is InChI=1S/C15H12N4O/c16-9-8-12-6-7-15-14(10-12)17-18-19(15)20-11-13-4-2-1-3-5-13/h1-7,10H,8,11H2. The number of fused-ring (bicyclic) bond motifs is 1. The molecule has 0 saturated heterocycles. The summed E-state index contributed by atoms with van der Waals surface area (Å²) in [7, 11) is 0. The maximum atomic E-state index is 8.69. The van der Waals surface area contributed by atoms with Crippen LogP contribution in [-0.4, -0.2) is 15.2 Å². The Labute approximate surface area is 116 Å². The molecule has 0 N–H and O–H groups in total. The Morgan fingerprint density at radius 3 is 2.75 bits per heavy atom. The number of hydrogen-bond acceptors (Lipinski definition) is 4. The molecule has 20 heavy (non-hydrogen) atoms. The molecule has 98 valence electrons. The molecule has 1 heterocycles. The van der Waals surface area contributed by atoms with Gasteiger partial charge in [-0.1, -0.05) is 41.2 Å². The Morgan fingerprint density at radius 2 is 1.95 bits per heavy atom. The lowest BCUT2D eigenvalue weighted by molar-refractivity contribution is 0.0752. The van der Waals surface area contributed by atoms with E-state index in [1.165, 1.54) is 4.85 Å². The summed E-state index contributed by atoms with van der Waals surface area (Å²) in [5, 5.41) is 16.7. The van der Waals surface area contributed by atoms with Gasteiger partial charge in [0.05, 0.1) is 12.5 Å². The minimum atomic E-state index is 0.369. The number of benzene rings is 2. The molecule has 0 aliphatic heterocycles. The first-order valence-electron chi connectivity index (χ1n) is 6.25. The van der Waals surface area contributed by atoms with Gasteiger partial charge in [-0.05, 0) is 28.5 Å². The van der Waals surface area contributed by atoms with Gasteiger partial charge >= 0.3 is 0 Å². The maximum Gasteiger partial charge on any atom is 0.142 e. The second kappa shape index (κ2) is 5.41. The summed E-state index contributed by atoms with van der Waals surface area (Å²) in [6.07, 6.45) is 0.369. The van der Waals surface area contributed by atoms with Crippen molar-refractivity contribution < 1.29 is 4.84 Å². The number of nitriles is 1. The highest BCUT2D eigenvalue weighted by Crippen LogP contribution is 2.13. The fourth-order valence-corrected chi connectivity index (χ4v) is 1.95. The second-order valence-corrected chi connectivity index (χ2v) is 4.38. The average molecular weight is 264 g/mol. The van der Waals surface area contributed by atoms with Crippen molar-refractivity contribution in [2.75, 3.05) is 0 Å². The zero-order valence-electron chi connectivity index (χ0n) is 10.7. The van der Waals surface area contributed by atoms with Gasteiger partial charge in [-0.25, -0.2) is 0 Å². The molecule has 0 aliphatic carbocycles. The monoisotopic (exact) mass is 264 g/mol. The van der Waals surface area contributed by atoms with Gasteiger partial charge in [-0.15, -0.1) is 5.10 Å².